The van der Waals surface area contributed by atoms with Gasteiger partial charge in [-0.05, 0) is 18.2 Å². The molecule has 1 aromatic carbocycles. The number of aromatic nitrogens is 5. The Balaban J connectivity index is 1.82. The second-order valence-electron chi connectivity index (χ2n) is 5.76. The first-order chi connectivity index (χ1) is 12.6. The van der Waals surface area contributed by atoms with Crippen molar-refractivity contribution in [3.63, 3.8) is 0 Å². The minimum atomic E-state index is 0.441. The van der Waals surface area contributed by atoms with Crippen LogP contribution in [-0.2, 0) is 13.6 Å². The second kappa shape index (κ2) is 6.61. The molecule has 130 valence electrons. The summed E-state index contributed by atoms with van der Waals surface area (Å²) in [5.74, 6) is 0.933. The molecule has 3 N–H and O–H groups in total. The minimum absolute atomic E-state index is 0.441. The van der Waals surface area contributed by atoms with Gasteiger partial charge in [-0.15, -0.1) is 0 Å². The fraction of sp³-hybridized carbons (Fsp3) is 0.111. The summed E-state index contributed by atoms with van der Waals surface area (Å²) in [7, 11) is 1.77. The van der Waals surface area contributed by atoms with E-state index in [1.165, 1.54) is 0 Å². The zero-order valence-electron chi connectivity index (χ0n) is 14.0. The van der Waals surface area contributed by atoms with E-state index in [2.05, 4.69) is 25.4 Å². The molecule has 0 saturated carbocycles. The third-order valence-electron chi connectivity index (χ3n) is 4.02. The van der Waals surface area contributed by atoms with E-state index in [1.807, 2.05) is 42.5 Å². The topological polar surface area (TPSA) is 94.5 Å². The van der Waals surface area contributed by atoms with Crippen molar-refractivity contribution in [1.82, 2.24) is 24.7 Å². The zero-order valence-corrected chi connectivity index (χ0v) is 14.8. The van der Waals surface area contributed by atoms with Gasteiger partial charge < -0.3 is 11.1 Å². The van der Waals surface area contributed by atoms with Gasteiger partial charge >= 0.3 is 0 Å². The van der Waals surface area contributed by atoms with E-state index in [4.69, 9.17) is 17.3 Å². The van der Waals surface area contributed by atoms with E-state index < -0.39 is 0 Å². The quantitative estimate of drug-likeness (QED) is 0.576. The maximum absolute atomic E-state index is 6.38. The average molecular weight is 366 g/mol. The highest BCUT2D eigenvalue weighted by molar-refractivity contribution is 6.33. The molecular weight excluding hydrogens is 350 g/mol. The summed E-state index contributed by atoms with van der Waals surface area (Å²) in [6, 6.07) is 13.2. The predicted molar refractivity (Wildman–Crippen MR) is 103 cm³/mol. The number of nitrogen functional groups attached to an aromatic ring is 1. The van der Waals surface area contributed by atoms with Crippen LogP contribution in [0.4, 0.5) is 11.8 Å². The van der Waals surface area contributed by atoms with Gasteiger partial charge in [-0.3, -0.25) is 9.67 Å². The Labute approximate surface area is 154 Å². The molecule has 4 aromatic rings. The number of nitrogens with zero attached hydrogens (tertiary/aromatic N) is 5. The van der Waals surface area contributed by atoms with Crippen LogP contribution in [0, 0.1) is 0 Å². The number of halogens is 1. The van der Waals surface area contributed by atoms with Crippen LogP contribution in [0.2, 0.25) is 5.02 Å². The predicted octanol–water partition coefficient (Wildman–Crippen LogP) is 3.27. The van der Waals surface area contributed by atoms with Crippen LogP contribution in [0.25, 0.3) is 22.3 Å². The number of benzene rings is 1. The Hall–Kier alpha value is -3.19. The monoisotopic (exact) mass is 365 g/mol. The second-order valence-corrected chi connectivity index (χ2v) is 6.16. The van der Waals surface area contributed by atoms with Crippen LogP contribution in [0.3, 0.4) is 0 Å². The summed E-state index contributed by atoms with van der Waals surface area (Å²) in [6.45, 7) is 0.497. The number of hydrogen-bond donors (Lipinski definition) is 2. The molecule has 0 atom stereocenters. The molecule has 7 nitrogen and oxygen atoms in total. The van der Waals surface area contributed by atoms with Crippen LogP contribution < -0.4 is 11.1 Å². The van der Waals surface area contributed by atoms with Crippen molar-refractivity contribution in [3.05, 3.63) is 59.4 Å². The van der Waals surface area contributed by atoms with Gasteiger partial charge in [0, 0.05) is 23.8 Å². The number of aryl methyl sites for hydroxylation is 1. The molecule has 0 bridgehead atoms. The molecule has 0 aliphatic rings. The first kappa shape index (κ1) is 16.3. The van der Waals surface area contributed by atoms with Crippen LogP contribution >= 0.6 is 11.6 Å². The normalized spacial score (nSPS) is 11.0. The van der Waals surface area contributed by atoms with Crippen molar-refractivity contribution in [3.8, 4) is 11.3 Å². The lowest BCUT2D eigenvalue weighted by atomic mass is 10.1. The van der Waals surface area contributed by atoms with Crippen LogP contribution in [-0.4, -0.2) is 24.7 Å². The highest BCUT2D eigenvalue weighted by Gasteiger charge is 2.18. The third kappa shape index (κ3) is 2.93. The number of fused-ring (bicyclic) bond motifs is 1. The molecular formula is C18H16ClN7. The standard InChI is InChI=1S/C18H16ClN7/c1-26-16(20)14-15(12-7-2-3-8-13(12)19)23-18(24-17(14)25-26)22-10-11-6-4-5-9-21-11/h2-9H,10,20H2,1H3,(H,22,24,25). The molecule has 0 fully saturated rings. The first-order valence-corrected chi connectivity index (χ1v) is 8.40. The van der Waals surface area contributed by atoms with Gasteiger partial charge in [0.25, 0.3) is 0 Å². The summed E-state index contributed by atoms with van der Waals surface area (Å²) in [6.07, 6.45) is 1.75. The molecule has 8 heteroatoms. The number of rotatable bonds is 4. The zero-order chi connectivity index (χ0) is 18.1. The lowest BCUT2D eigenvalue weighted by Crippen LogP contribution is -2.06. The summed E-state index contributed by atoms with van der Waals surface area (Å²) in [5.41, 5.74) is 9.01. The summed E-state index contributed by atoms with van der Waals surface area (Å²) < 4.78 is 1.59. The molecule has 0 radical (unpaired) electrons. The van der Waals surface area contributed by atoms with E-state index in [0.717, 1.165) is 11.3 Å². The van der Waals surface area contributed by atoms with Gasteiger partial charge in [0.1, 0.15) is 5.82 Å². The van der Waals surface area contributed by atoms with Crippen LogP contribution in [0.1, 0.15) is 5.69 Å². The van der Waals surface area contributed by atoms with Crippen molar-refractivity contribution >= 4 is 34.4 Å². The third-order valence-corrected chi connectivity index (χ3v) is 4.35. The van der Waals surface area contributed by atoms with E-state index in [0.29, 0.717) is 40.1 Å². The first-order valence-electron chi connectivity index (χ1n) is 8.02. The Morgan fingerprint density at radius 3 is 2.69 bits per heavy atom. The highest BCUT2D eigenvalue weighted by Crippen LogP contribution is 2.34. The Kier molecular flexibility index (Phi) is 4.14. The number of hydrogen-bond acceptors (Lipinski definition) is 6. The molecule has 4 rings (SSSR count). The van der Waals surface area contributed by atoms with Gasteiger partial charge in [0.15, 0.2) is 5.65 Å². The van der Waals surface area contributed by atoms with E-state index in [-0.39, 0.29) is 0 Å². The lowest BCUT2D eigenvalue weighted by Gasteiger charge is -2.09. The Bertz CT molecular complexity index is 1080. The lowest BCUT2D eigenvalue weighted by molar-refractivity contribution is 0.787. The smallest absolute Gasteiger partial charge is 0.225 e. The molecule has 3 heterocycles. The fourth-order valence-corrected chi connectivity index (χ4v) is 2.94. The van der Waals surface area contributed by atoms with Crippen LogP contribution in [0.5, 0.6) is 0 Å². The molecule has 0 unspecified atom stereocenters. The van der Waals surface area contributed by atoms with E-state index in [1.54, 1.807) is 17.9 Å². The van der Waals surface area contributed by atoms with Crippen molar-refractivity contribution in [2.45, 2.75) is 6.54 Å². The number of pyridine rings is 1. The maximum Gasteiger partial charge on any atom is 0.225 e. The molecule has 0 aliphatic carbocycles. The van der Waals surface area contributed by atoms with Gasteiger partial charge in [-0.1, -0.05) is 35.9 Å². The van der Waals surface area contributed by atoms with Crippen molar-refractivity contribution in [2.75, 3.05) is 11.1 Å². The Morgan fingerprint density at radius 2 is 1.92 bits per heavy atom. The molecule has 0 spiro atoms. The van der Waals surface area contributed by atoms with Crippen LogP contribution in [0.15, 0.2) is 48.7 Å². The van der Waals surface area contributed by atoms with Gasteiger partial charge in [0.05, 0.1) is 23.3 Å². The summed E-state index contributed by atoms with van der Waals surface area (Å²) in [5, 5.41) is 8.85. The SMILES string of the molecule is Cn1nc2nc(NCc3ccccn3)nc(-c3ccccc3Cl)c2c1N. The number of anilines is 2. The molecule has 3 aromatic heterocycles. The summed E-state index contributed by atoms with van der Waals surface area (Å²) in [4.78, 5) is 13.4. The number of nitrogens with two attached hydrogens (primary N) is 1. The molecule has 0 saturated heterocycles. The fourth-order valence-electron chi connectivity index (χ4n) is 2.71. The molecule has 0 amide bonds. The van der Waals surface area contributed by atoms with Gasteiger partial charge in [-0.2, -0.15) is 10.1 Å². The van der Waals surface area contributed by atoms with E-state index >= 15 is 0 Å². The number of nitrogens with one attached hydrogen (secondary N) is 1. The van der Waals surface area contributed by atoms with E-state index in [9.17, 15) is 0 Å². The largest absolute Gasteiger partial charge is 0.383 e. The average Bonchev–Trinajstić information content (AvgIpc) is 2.95. The van der Waals surface area contributed by atoms with Crippen molar-refractivity contribution in [1.29, 1.82) is 0 Å². The molecule has 0 aliphatic heterocycles. The minimum Gasteiger partial charge on any atom is -0.383 e. The maximum atomic E-state index is 6.38. The van der Waals surface area contributed by atoms with Crippen molar-refractivity contribution in [2.24, 2.45) is 7.05 Å². The van der Waals surface area contributed by atoms with Crippen molar-refractivity contribution < 1.29 is 0 Å². The van der Waals surface area contributed by atoms with Gasteiger partial charge in [-0.25, -0.2) is 4.98 Å². The Morgan fingerprint density at radius 1 is 1.12 bits per heavy atom. The highest BCUT2D eigenvalue weighted by atomic mass is 35.5. The summed E-state index contributed by atoms with van der Waals surface area (Å²) >= 11 is 6.38. The van der Waals surface area contributed by atoms with Gasteiger partial charge in [0.2, 0.25) is 5.95 Å². The molecule has 26 heavy (non-hydrogen) atoms.